The van der Waals surface area contributed by atoms with Gasteiger partial charge in [0.05, 0.1) is 0 Å². The summed E-state index contributed by atoms with van der Waals surface area (Å²) in [6.45, 7) is 1.88. The molecular formula is C16H23N3O2. The van der Waals surface area contributed by atoms with Crippen LogP contribution in [0.3, 0.4) is 0 Å². The highest BCUT2D eigenvalue weighted by atomic mass is 16.2. The average molecular weight is 289 g/mol. The lowest BCUT2D eigenvalue weighted by Gasteiger charge is -2.17. The van der Waals surface area contributed by atoms with Crippen molar-refractivity contribution in [2.24, 2.45) is 17.4 Å². The molecule has 1 aromatic rings. The maximum absolute atomic E-state index is 12.2. The first-order chi connectivity index (χ1) is 10.1. The Morgan fingerprint density at radius 2 is 1.95 bits per heavy atom. The normalized spacial score (nSPS) is 18.0. The molecule has 2 rings (SSSR count). The van der Waals surface area contributed by atoms with E-state index in [0.29, 0.717) is 32.4 Å². The van der Waals surface area contributed by atoms with Crippen LogP contribution < -0.4 is 11.5 Å². The summed E-state index contributed by atoms with van der Waals surface area (Å²) in [4.78, 5) is 25.0. The summed E-state index contributed by atoms with van der Waals surface area (Å²) in [6.07, 6.45) is 2.44. The van der Waals surface area contributed by atoms with Crippen LogP contribution >= 0.6 is 0 Å². The van der Waals surface area contributed by atoms with E-state index in [9.17, 15) is 9.59 Å². The number of hydrogen-bond donors (Lipinski definition) is 2. The monoisotopic (exact) mass is 289 g/mol. The Morgan fingerprint density at radius 1 is 1.24 bits per heavy atom. The zero-order valence-electron chi connectivity index (χ0n) is 12.3. The van der Waals surface area contributed by atoms with E-state index in [0.717, 1.165) is 24.1 Å². The van der Waals surface area contributed by atoms with E-state index in [1.54, 1.807) is 0 Å². The average Bonchev–Trinajstić information content (AvgIpc) is 2.92. The van der Waals surface area contributed by atoms with Crippen LogP contribution in [0.15, 0.2) is 24.3 Å². The molecule has 0 radical (unpaired) electrons. The highest BCUT2D eigenvalue weighted by Gasteiger charge is 2.26. The molecule has 1 saturated heterocycles. The molecule has 1 unspecified atom stereocenters. The second-order valence-electron chi connectivity index (χ2n) is 5.64. The van der Waals surface area contributed by atoms with Crippen LogP contribution in [0.4, 0.5) is 0 Å². The minimum atomic E-state index is -0.286. The first-order valence-electron chi connectivity index (χ1n) is 7.43. The van der Waals surface area contributed by atoms with Crippen LogP contribution in [0.25, 0.3) is 0 Å². The van der Waals surface area contributed by atoms with E-state index in [4.69, 9.17) is 11.5 Å². The summed E-state index contributed by atoms with van der Waals surface area (Å²) in [7, 11) is 0. The van der Waals surface area contributed by atoms with Gasteiger partial charge in [-0.3, -0.25) is 9.59 Å². The molecule has 1 atom stereocenters. The van der Waals surface area contributed by atoms with Crippen molar-refractivity contribution in [1.29, 1.82) is 0 Å². The van der Waals surface area contributed by atoms with E-state index >= 15 is 0 Å². The minimum absolute atomic E-state index is 0.147. The number of nitrogens with zero attached hydrogens (tertiary/aromatic N) is 1. The lowest BCUT2D eigenvalue weighted by molar-refractivity contribution is -0.130. The maximum atomic E-state index is 12.2. The number of likely N-dealkylation sites (tertiary alicyclic amines) is 1. The molecule has 114 valence electrons. The Morgan fingerprint density at radius 3 is 2.62 bits per heavy atom. The van der Waals surface area contributed by atoms with E-state index in [2.05, 4.69) is 0 Å². The van der Waals surface area contributed by atoms with E-state index < -0.39 is 0 Å². The smallest absolute Gasteiger partial charge is 0.222 e. The fourth-order valence-electron chi connectivity index (χ4n) is 2.91. The van der Waals surface area contributed by atoms with Crippen molar-refractivity contribution in [1.82, 2.24) is 4.90 Å². The molecule has 21 heavy (non-hydrogen) atoms. The number of hydrogen-bond acceptors (Lipinski definition) is 3. The Kier molecular flexibility index (Phi) is 5.33. The molecule has 0 aliphatic carbocycles. The van der Waals surface area contributed by atoms with Crippen LogP contribution in [-0.2, 0) is 22.6 Å². The molecule has 1 aromatic carbocycles. The third-order valence-electron chi connectivity index (χ3n) is 4.07. The molecular weight excluding hydrogens is 266 g/mol. The number of benzene rings is 1. The summed E-state index contributed by atoms with van der Waals surface area (Å²) in [5, 5.41) is 0. The first kappa shape index (κ1) is 15.5. The summed E-state index contributed by atoms with van der Waals surface area (Å²) >= 11 is 0. The van der Waals surface area contributed by atoms with E-state index in [1.807, 2.05) is 29.2 Å². The molecule has 0 saturated carbocycles. The largest absolute Gasteiger partial charge is 0.370 e. The predicted molar refractivity (Wildman–Crippen MR) is 81.2 cm³/mol. The van der Waals surface area contributed by atoms with Gasteiger partial charge < -0.3 is 16.4 Å². The quantitative estimate of drug-likeness (QED) is 0.811. The molecule has 1 fully saturated rings. The molecule has 1 heterocycles. The summed E-state index contributed by atoms with van der Waals surface area (Å²) in [6, 6.07) is 7.95. The van der Waals surface area contributed by atoms with Gasteiger partial charge in [-0.15, -0.1) is 0 Å². The molecule has 0 aromatic heterocycles. The van der Waals surface area contributed by atoms with Crippen molar-refractivity contribution in [2.75, 3.05) is 13.1 Å². The number of carbonyl (C=O) groups excluding carboxylic acids is 2. The SMILES string of the molecule is NCc1ccccc1CCC(=O)N1CCC(CC(N)=O)C1. The van der Waals surface area contributed by atoms with Crippen molar-refractivity contribution >= 4 is 11.8 Å². The number of primary amides is 1. The van der Waals surface area contributed by atoms with Crippen molar-refractivity contribution in [2.45, 2.75) is 32.2 Å². The lowest BCUT2D eigenvalue weighted by Crippen LogP contribution is -2.29. The molecule has 1 aliphatic rings. The van der Waals surface area contributed by atoms with Gasteiger partial charge in [-0.05, 0) is 29.9 Å². The van der Waals surface area contributed by atoms with Gasteiger partial charge in [-0.2, -0.15) is 0 Å². The van der Waals surface area contributed by atoms with Gasteiger partial charge >= 0.3 is 0 Å². The topological polar surface area (TPSA) is 89.4 Å². The zero-order chi connectivity index (χ0) is 15.2. The molecule has 0 bridgehead atoms. The number of carbonyl (C=O) groups is 2. The fraction of sp³-hybridized carbons (Fsp3) is 0.500. The minimum Gasteiger partial charge on any atom is -0.370 e. The second kappa shape index (κ2) is 7.22. The van der Waals surface area contributed by atoms with Crippen molar-refractivity contribution in [3.8, 4) is 0 Å². The van der Waals surface area contributed by atoms with Gasteiger partial charge in [0, 0.05) is 32.5 Å². The second-order valence-corrected chi connectivity index (χ2v) is 5.64. The van der Waals surface area contributed by atoms with Gasteiger partial charge in [0.2, 0.25) is 11.8 Å². The lowest BCUT2D eigenvalue weighted by atomic mass is 10.0. The summed E-state index contributed by atoms with van der Waals surface area (Å²) < 4.78 is 0. The molecule has 2 amide bonds. The number of nitrogens with two attached hydrogens (primary N) is 2. The summed E-state index contributed by atoms with van der Waals surface area (Å²) in [5.41, 5.74) is 13.1. The molecule has 5 nitrogen and oxygen atoms in total. The van der Waals surface area contributed by atoms with Crippen LogP contribution in [0, 0.1) is 5.92 Å². The number of rotatable bonds is 6. The van der Waals surface area contributed by atoms with Gasteiger partial charge in [0.25, 0.3) is 0 Å². The van der Waals surface area contributed by atoms with Crippen LogP contribution in [-0.4, -0.2) is 29.8 Å². The molecule has 4 N–H and O–H groups in total. The van der Waals surface area contributed by atoms with Crippen LogP contribution in [0.5, 0.6) is 0 Å². The third-order valence-corrected chi connectivity index (χ3v) is 4.07. The molecule has 0 spiro atoms. The molecule has 5 heteroatoms. The zero-order valence-corrected chi connectivity index (χ0v) is 12.3. The first-order valence-corrected chi connectivity index (χ1v) is 7.43. The highest BCUT2D eigenvalue weighted by Crippen LogP contribution is 2.20. The van der Waals surface area contributed by atoms with Gasteiger partial charge in [0.1, 0.15) is 0 Å². The van der Waals surface area contributed by atoms with E-state index in [1.165, 1.54) is 0 Å². The predicted octanol–water partition coefficient (Wildman–Crippen LogP) is 0.802. The van der Waals surface area contributed by atoms with Crippen LogP contribution in [0.1, 0.15) is 30.4 Å². The van der Waals surface area contributed by atoms with Crippen LogP contribution in [0.2, 0.25) is 0 Å². The number of amides is 2. The maximum Gasteiger partial charge on any atom is 0.222 e. The summed E-state index contributed by atoms with van der Waals surface area (Å²) in [5.74, 6) is 0.0859. The number of aryl methyl sites for hydroxylation is 1. The van der Waals surface area contributed by atoms with Gasteiger partial charge in [-0.25, -0.2) is 0 Å². The Bertz CT molecular complexity index is 516. The Hall–Kier alpha value is -1.88. The van der Waals surface area contributed by atoms with Crippen molar-refractivity contribution in [3.63, 3.8) is 0 Å². The molecule has 1 aliphatic heterocycles. The van der Waals surface area contributed by atoms with Gasteiger partial charge in [0.15, 0.2) is 0 Å². The van der Waals surface area contributed by atoms with Gasteiger partial charge in [-0.1, -0.05) is 24.3 Å². The highest BCUT2D eigenvalue weighted by molar-refractivity contribution is 5.77. The third kappa shape index (κ3) is 4.29. The van der Waals surface area contributed by atoms with E-state index in [-0.39, 0.29) is 17.7 Å². The Labute approximate surface area is 125 Å². The Balaban J connectivity index is 1.84. The fourth-order valence-corrected chi connectivity index (χ4v) is 2.91. The van der Waals surface area contributed by atoms with Crippen molar-refractivity contribution < 1.29 is 9.59 Å². The standard InChI is InChI=1S/C16H23N3O2/c17-10-14-4-2-1-3-13(14)5-6-16(21)19-8-7-12(11-19)9-15(18)20/h1-4,12H,5-11,17H2,(H2,18,20). The van der Waals surface area contributed by atoms with Crippen molar-refractivity contribution in [3.05, 3.63) is 35.4 Å².